The Hall–Kier alpha value is -1.76. The number of nitrogens with two attached hydrogens (primary N) is 1. The lowest BCUT2D eigenvalue weighted by Gasteiger charge is -2.27. The maximum atomic E-state index is 13.6. The second kappa shape index (κ2) is 5.79. The maximum absolute atomic E-state index is 13.6. The quantitative estimate of drug-likeness (QED) is 0.898. The number of hydrogen-bond donors (Lipinski definition) is 2. The van der Waals surface area contributed by atoms with E-state index in [4.69, 9.17) is 5.73 Å². The molecule has 2 aliphatic carbocycles. The number of hydrogen-bond acceptors (Lipinski definition) is 3. The van der Waals surface area contributed by atoms with Gasteiger partial charge in [-0.05, 0) is 43.2 Å². The largest absolute Gasteiger partial charge is 0.432 e. The summed E-state index contributed by atoms with van der Waals surface area (Å²) in [6.45, 7) is -3.10. The molecule has 1 aromatic carbocycles. The molecule has 2 saturated carbocycles. The van der Waals surface area contributed by atoms with Crippen LogP contribution in [-0.2, 0) is 4.79 Å². The minimum atomic E-state index is -3.10. The summed E-state index contributed by atoms with van der Waals surface area (Å²) in [5.74, 6) is -1.33. The minimum absolute atomic E-state index is 0.162. The van der Waals surface area contributed by atoms with Gasteiger partial charge in [0, 0.05) is 17.8 Å². The molecule has 1 amide bonds. The molecule has 3 rings (SSSR count). The lowest BCUT2D eigenvalue weighted by Crippen LogP contribution is -2.42. The standard InChI is InChI=1S/C15H17F3N2O2/c16-10-6-9(3-4-11(10)22-15(17)18)20-14(21)12-7-1-2-8(5-7)13(12)19/h3-4,6-8,12-13,15H,1-2,5,19H2,(H,20,21). The van der Waals surface area contributed by atoms with Crippen molar-refractivity contribution >= 4 is 11.6 Å². The third-order valence-electron chi connectivity index (χ3n) is 4.70. The van der Waals surface area contributed by atoms with Gasteiger partial charge in [-0.25, -0.2) is 4.39 Å². The first-order valence-corrected chi connectivity index (χ1v) is 7.26. The molecule has 4 nitrogen and oxygen atoms in total. The first-order chi connectivity index (χ1) is 10.5. The van der Waals surface area contributed by atoms with Gasteiger partial charge in [0.25, 0.3) is 0 Å². The van der Waals surface area contributed by atoms with Gasteiger partial charge in [-0.2, -0.15) is 8.78 Å². The Morgan fingerprint density at radius 3 is 2.64 bits per heavy atom. The third kappa shape index (κ3) is 2.77. The molecule has 1 aromatic rings. The number of anilines is 1. The van der Waals surface area contributed by atoms with Crippen LogP contribution in [0.5, 0.6) is 5.75 Å². The van der Waals surface area contributed by atoms with Crippen LogP contribution < -0.4 is 15.8 Å². The van der Waals surface area contributed by atoms with Crippen LogP contribution in [0, 0.1) is 23.6 Å². The van der Waals surface area contributed by atoms with E-state index in [0.717, 1.165) is 31.4 Å². The van der Waals surface area contributed by atoms with Crippen LogP contribution in [0.4, 0.5) is 18.9 Å². The molecule has 22 heavy (non-hydrogen) atoms. The van der Waals surface area contributed by atoms with E-state index in [0.29, 0.717) is 5.92 Å². The van der Waals surface area contributed by atoms with Gasteiger partial charge in [-0.15, -0.1) is 0 Å². The first-order valence-electron chi connectivity index (χ1n) is 7.26. The third-order valence-corrected chi connectivity index (χ3v) is 4.70. The van der Waals surface area contributed by atoms with E-state index in [2.05, 4.69) is 10.1 Å². The Morgan fingerprint density at radius 2 is 2.05 bits per heavy atom. The second-order valence-electron chi connectivity index (χ2n) is 5.95. The Balaban J connectivity index is 1.68. The molecular formula is C15H17F3N2O2. The van der Waals surface area contributed by atoms with Crippen LogP contribution in [0.3, 0.4) is 0 Å². The predicted molar refractivity (Wildman–Crippen MR) is 74.0 cm³/mol. The van der Waals surface area contributed by atoms with Crippen LogP contribution in [0.2, 0.25) is 0 Å². The fourth-order valence-corrected chi connectivity index (χ4v) is 3.72. The van der Waals surface area contributed by atoms with Crippen molar-refractivity contribution in [1.82, 2.24) is 0 Å². The number of nitrogens with one attached hydrogen (secondary N) is 1. The normalized spacial score (nSPS) is 29.9. The van der Waals surface area contributed by atoms with Crippen molar-refractivity contribution in [1.29, 1.82) is 0 Å². The topological polar surface area (TPSA) is 64.4 Å². The molecule has 2 bridgehead atoms. The van der Waals surface area contributed by atoms with Crippen molar-refractivity contribution in [2.75, 3.05) is 5.32 Å². The van der Waals surface area contributed by atoms with Gasteiger partial charge in [0.1, 0.15) is 0 Å². The summed E-state index contributed by atoms with van der Waals surface area (Å²) < 4.78 is 41.8. The summed E-state index contributed by atoms with van der Waals surface area (Å²) in [6, 6.07) is 3.20. The van der Waals surface area contributed by atoms with Crippen molar-refractivity contribution in [2.24, 2.45) is 23.5 Å². The molecule has 0 saturated heterocycles. The van der Waals surface area contributed by atoms with Crippen molar-refractivity contribution in [3.05, 3.63) is 24.0 Å². The van der Waals surface area contributed by atoms with Crippen LogP contribution in [0.1, 0.15) is 19.3 Å². The van der Waals surface area contributed by atoms with Gasteiger partial charge in [-0.1, -0.05) is 0 Å². The number of benzene rings is 1. The smallest absolute Gasteiger partial charge is 0.387 e. The molecule has 0 heterocycles. The van der Waals surface area contributed by atoms with Crippen LogP contribution in [0.15, 0.2) is 18.2 Å². The lowest BCUT2D eigenvalue weighted by atomic mass is 9.84. The van der Waals surface area contributed by atoms with Crippen LogP contribution in [-0.4, -0.2) is 18.6 Å². The van der Waals surface area contributed by atoms with Gasteiger partial charge in [0.05, 0.1) is 5.92 Å². The van der Waals surface area contributed by atoms with Crippen molar-refractivity contribution < 1.29 is 22.7 Å². The number of alkyl halides is 2. The molecule has 0 spiro atoms. The van der Waals surface area contributed by atoms with Crippen LogP contribution >= 0.6 is 0 Å². The maximum Gasteiger partial charge on any atom is 0.387 e. The zero-order chi connectivity index (χ0) is 15.9. The summed E-state index contributed by atoms with van der Waals surface area (Å²) in [6.07, 6.45) is 3.02. The highest BCUT2D eigenvalue weighted by Crippen LogP contribution is 2.47. The molecule has 3 N–H and O–H groups in total. The molecule has 4 unspecified atom stereocenters. The molecule has 4 atom stereocenters. The van der Waals surface area contributed by atoms with Crippen molar-refractivity contribution in [3.8, 4) is 5.75 Å². The average molecular weight is 314 g/mol. The molecule has 0 radical (unpaired) electrons. The number of fused-ring (bicyclic) bond motifs is 2. The molecule has 2 fully saturated rings. The zero-order valence-corrected chi connectivity index (χ0v) is 11.8. The molecule has 0 aromatic heterocycles. The number of ether oxygens (including phenoxy) is 1. The Morgan fingerprint density at radius 1 is 1.32 bits per heavy atom. The Kier molecular flexibility index (Phi) is 3.99. The van der Waals surface area contributed by atoms with Crippen molar-refractivity contribution in [2.45, 2.75) is 31.9 Å². The Bertz CT molecular complexity index is 580. The average Bonchev–Trinajstić information content (AvgIpc) is 3.02. The van der Waals surface area contributed by atoms with E-state index in [1.807, 2.05) is 0 Å². The van der Waals surface area contributed by atoms with E-state index < -0.39 is 18.2 Å². The fourth-order valence-electron chi connectivity index (χ4n) is 3.72. The molecule has 2 aliphatic rings. The van der Waals surface area contributed by atoms with Gasteiger partial charge >= 0.3 is 6.61 Å². The summed E-state index contributed by atoms with van der Waals surface area (Å²) in [7, 11) is 0. The summed E-state index contributed by atoms with van der Waals surface area (Å²) in [5, 5.41) is 2.62. The van der Waals surface area contributed by atoms with E-state index in [1.165, 1.54) is 6.07 Å². The molecule has 0 aliphatic heterocycles. The zero-order valence-electron chi connectivity index (χ0n) is 11.8. The van der Waals surface area contributed by atoms with E-state index in [1.54, 1.807) is 0 Å². The number of rotatable bonds is 4. The van der Waals surface area contributed by atoms with Gasteiger partial charge in [-0.3, -0.25) is 4.79 Å². The Labute approximate surface area is 125 Å². The predicted octanol–water partition coefficient (Wildman–Crippen LogP) is 2.74. The summed E-state index contributed by atoms with van der Waals surface area (Å²) >= 11 is 0. The monoisotopic (exact) mass is 314 g/mol. The highest BCUT2D eigenvalue weighted by Gasteiger charge is 2.49. The fraction of sp³-hybridized carbons (Fsp3) is 0.533. The SMILES string of the molecule is NC1C2CCC(C2)C1C(=O)Nc1ccc(OC(F)F)c(F)c1. The lowest BCUT2D eigenvalue weighted by molar-refractivity contribution is -0.121. The summed E-state index contributed by atoms with van der Waals surface area (Å²) in [5.41, 5.74) is 6.30. The number of carbonyl (C=O) groups is 1. The van der Waals surface area contributed by atoms with Crippen molar-refractivity contribution in [3.63, 3.8) is 0 Å². The number of amides is 1. The molecular weight excluding hydrogens is 297 g/mol. The van der Waals surface area contributed by atoms with E-state index in [-0.39, 0.29) is 29.5 Å². The molecule has 120 valence electrons. The van der Waals surface area contributed by atoms with Gasteiger partial charge in [0.15, 0.2) is 11.6 Å². The van der Waals surface area contributed by atoms with E-state index >= 15 is 0 Å². The first kappa shape index (κ1) is 15.1. The molecule has 7 heteroatoms. The minimum Gasteiger partial charge on any atom is -0.432 e. The van der Waals surface area contributed by atoms with Gasteiger partial charge < -0.3 is 15.8 Å². The highest BCUT2D eigenvalue weighted by molar-refractivity contribution is 5.93. The summed E-state index contributed by atoms with van der Waals surface area (Å²) in [4.78, 5) is 12.3. The van der Waals surface area contributed by atoms with E-state index in [9.17, 15) is 18.0 Å². The second-order valence-corrected chi connectivity index (χ2v) is 5.95. The number of halogens is 3. The number of carbonyl (C=O) groups excluding carboxylic acids is 1. The van der Waals surface area contributed by atoms with Gasteiger partial charge in [0.2, 0.25) is 5.91 Å². The van der Waals surface area contributed by atoms with Crippen LogP contribution in [0.25, 0.3) is 0 Å². The highest BCUT2D eigenvalue weighted by atomic mass is 19.3.